The molecule has 0 atom stereocenters. The van der Waals surface area contributed by atoms with Gasteiger partial charge in [0.1, 0.15) is 5.78 Å². The smallest absolute Gasteiger partial charge is 0.139 e. The van der Waals surface area contributed by atoms with Gasteiger partial charge in [-0.2, -0.15) is 0 Å². The van der Waals surface area contributed by atoms with Crippen molar-refractivity contribution in [3.63, 3.8) is 0 Å². The highest BCUT2D eigenvalue weighted by atomic mass is 16.1. The molecule has 1 aliphatic rings. The fraction of sp³-hybridized carbons (Fsp3) is 0.611. The summed E-state index contributed by atoms with van der Waals surface area (Å²) in [5.74, 6) is 0.511. The SMILES string of the molecule is CCCC1(C(=O)CCCc2ccccc2)CCNCC1. The average Bonchev–Trinajstić information content (AvgIpc) is 2.49. The van der Waals surface area contributed by atoms with E-state index < -0.39 is 0 Å². The fourth-order valence-electron chi connectivity index (χ4n) is 3.42. The number of hydrogen-bond acceptors (Lipinski definition) is 2. The lowest BCUT2D eigenvalue weighted by Crippen LogP contribution is -2.42. The summed E-state index contributed by atoms with van der Waals surface area (Å²) in [5, 5.41) is 3.38. The second-order valence-electron chi connectivity index (χ2n) is 6.04. The molecule has 2 rings (SSSR count). The molecular formula is C18H27NO. The molecule has 1 heterocycles. The van der Waals surface area contributed by atoms with E-state index >= 15 is 0 Å². The van der Waals surface area contributed by atoms with E-state index in [2.05, 4.69) is 36.5 Å². The maximum Gasteiger partial charge on any atom is 0.139 e. The Hall–Kier alpha value is -1.15. The number of carbonyl (C=O) groups excluding carboxylic acids is 1. The number of carbonyl (C=O) groups is 1. The maximum absolute atomic E-state index is 12.7. The van der Waals surface area contributed by atoms with Crippen LogP contribution < -0.4 is 5.32 Å². The number of hydrogen-bond donors (Lipinski definition) is 1. The molecule has 0 bridgehead atoms. The van der Waals surface area contributed by atoms with Crippen LogP contribution in [0.2, 0.25) is 0 Å². The summed E-state index contributed by atoms with van der Waals surface area (Å²) in [6.07, 6.45) is 7.00. The highest BCUT2D eigenvalue weighted by molar-refractivity contribution is 5.85. The van der Waals surface area contributed by atoms with Gasteiger partial charge in [-0.1, -0.05) is 43.7 Å². The summed E-state index contributed by atoms with van der Waals surface area (Å²) in [4.78, 5) is 12.7. The first-order chi connectivity index (χ1) is 9.77. The number of aryl methyl sites for hydroxylation is 1. The van der Waals surface area contributed by atoms with E-state index in [4.69, 9.17) is 0 Å². The Morgan fingerprint density at radius 1 is 1.20 bits per heavy atom. The van der Waals surface area contributed by atoms with E-state index in [0.29, 0.717) is 5.78 Å². The highest BCUT2D eigenvalue weighted by Crippen LogP contribution is 2.36. The standard InChI is InChI=1S/C18H27NO/c1-2-11-18(12-14-19-15-13-18)17(20)10-6-9-16-7-4-3-5-8-16/h3-5,7-8,19H,2,6,9-15H2,1H3. The fourth-order valence-corrected chi connectivity index (χ4v) is 3.42. The number of ketones is 1. The molecule has 0 aromatic heterocycles. The van der Waals surface area contributed by atoms with Gasteiger partial charge in [-0.3, -0.25) is 4.79 Å². The molecule has 2 heteroatoms. The molecule has 2 nitrogen and oxygen atoms in total. The van der Waals surface area contributed by atoms with E-state index in [0.717, 1.165) is 58.0 Å². The minimum Gasteiger partial charge on any atom is -0.317 e. The molecule has 0 spiro atoms. The molecule has 110 valence electrons. The van der Waals surface area contributed by atoms with Crippen molar-refractivity contribution in [1.29, 1.82) is 0 Å². The predicted octanol–water partition coefficient (Wildman–Crippen LogP) is 3.75. The van der Waals surface area contributed by atoms with Crippen molar-refractivity contribution in [2.45, 2.75) is 51.9 Å². The summed E-state index contributed by atoms with van der Waals surface area (Å²) >= 11 is 0. The van der Waals surface area contributed by atoms with E-state index in [9.17, 15) is 4.79 Å². The average molecular weight is 273 g/mol. The Balaban J connectivity index is 1.85. The maximum atomic E-state index is 12.7. The van der Waals surface area contributed by atoms with E-state index in [1.807, 2.05) is 6.07 Å². The van der Waals surface area contributed by atoms with Crippen molar-refractivity contribution in [3.8, 4) is 0 Å². The Kier molecular flexibility index (Phi) is 5.78. The third-order valence-corrected chi connectivity index (χ3v) is 4.59. The molecule has 1 N–H and O–H groups in total. The number of rotatable bonds is 7. The van der Waals surface area contributed by atoms with Crippen LogP contribution in [-0.4, -0.2) is 18.9 Å². The Morgan fingerprint density at radius 3 is 2.55 bits per heavy atom. The zero-order chi connectivity index (χ0) is 14.3. The molecule has 1 aliphatic heterocycles. The van der Waals surface area contributed by atoms with Gasteiger partial charge in [0.05, 0.1) is 0 Å². The van der Waals surface area contributed by atoms with Gasteiger partial charge >= 0.3 is 0 Å². The van der Waals surface area contributed by atoms with Gasteiger partial charge in [-0.25, -0.2) is 0 Å². The van der Waals surface area contributed by atoms with Crippen molar-refractivity contribution in [1.82, 2.24) is 5.32 Å². The third-order valence-electron chi connectivity index (χ3n) is 4.59. The van der Waals surface area contributed by atoms with Gasteiger partial charge in [0.2, 0.25) is 0 Å². The molecule has 1 aromatic carbocycles. The van der Waals surface area contributed by atoms with Crippen molar-refractivity contribution in [2.75, 3.05) is 13.1 Å². The van der Waals surface area contributed by atoms with Crippen LogP contribution in [0.3, 0.4) is 0 Å². The number of piperidine rings is 1. The monoisotopic (exact) mass is 273 g/mol. The zero-order valence-electron chi connectivity index (χ0n) is 12.7. The van der Waals surface area contributed by atoms with Crippen LogP contribution in [0.25, 0.3) is 0 Å². The van der Waals surface area contributed by atoms with E-state index in [1.165, 1.54) is 5.56 Å². The van der Waals surface area contributed by atoms with Gasteiger partial charge in [0.25, 0.3) is 0 Å². The first kappa shape index (κ1) is 15.2. The van der Waals surface area contributed by atoms with Crippen LogP contribution >= 0.6 is 0 Å². The molecule has 20 heavy (non-hydrogen) atoms. The molecular weight excluding hydrogens is 246 g/mol. The molecule has 1 aromatic rings. The summed E-state index contributed by atoms with van der Waals surface area (Å²) in [6, 6.07) is 10.5. The van der Waals surface area contributed by atoms with Gasteiger partial charge < -0.3 is 5.32 Å². The summed E-state index contributed by atoms with van der Waals surface area (Å²) in [7, 11) is 0. The van der Waals surface area contributed by atoms with E-state index in [1.54, 1.807) is 0 Å². The van der Waals surface area contributed by atoms with Crippen LogP contribution in [0.5, 0.6) is 0 Å². The molecule has 0 aliphatic carbocycles. The van der Waals surface area contributed by atoms with Crippen molar-refractivity contribution < 1.29 is 4.79 Å². The summed E-state index contributed by atoms with van der Waals surface area (Å²) < 4.78 is 0. The quantitative estimate of drug-likeness (QED) is 0.820. The van der Waals surface area contributed by atoms with Crippen molar-refractivity contribution >= 4 is 5.78 Å². The summed E-state index contributed by atoms with van der Waals surface area (Å²) in [6.45, 7) is 4.20. The molecule has 0 amide bonds. The first-order valence-electron chi connectivity index (χ1n) is 8.05. The Morgan fingerprint density at radius 2 is 1.90 bits per heavy atom. The van der Waals surface area contributed by atoms with Crippen molar-refractivity contribution in [2.24, 2.45) is 5.41 Å². The normalized spacial score (nSPS) is 17.9. The Labute approximate surface area is 123 Å². The van der Waals surface area contributed by atoms with Crippen LogP contribution in [0.4, 0.5) is 0 Å². The largest absolute Gasteiger partial charge is 0.317 e. The first-order valence-corrected chi connectivity index (χ1v) is 8.05. The molecule has 0 unspecified atom stereocenters. The zero-order valence-corrected chi connectivity index (χ0v) is 12.7. The van der Waals surface area contributed by atoms with Gasteiger partial charge in [-0.05, 0) is 50.8 Å². The third kappa shape index (κ3) is 3.92. The molecule has 1 fully saturated rings. The number of benzene rings is 1. The van der Waals surface area contributed by atoms with Crippen LogP contribution in [0.15, 0.2) is 30.3 Å². The van der Waals surface area contributed by atoms with Crippen LogP contribution in [-0.2, 0) is 11.2 Å². The van der Waals surface area contributed by atoms with Gasteiger partial charge in [0.15, 0.2) is 0 Å². The van der Waals surface area contributed by atoms with Crippen LogP contribution in [0.1, 0.15) is 51.0 Å². The topological polar surface area (TPSA) is 29.1 Å². The lowest BCUT2D eigenvalue weighted by Gasteiger charge is -2.36. The minimum atomic E-state index is -0.0172. The Bertz CT molecular complexity index is 401. The van der Waals surface area contributed by atoms with E-state index in [-0.39, 0.29) is 5.41 Å². The highest BCUT2D eigenvalue weighted by Gasteiger charge is 2.37. The van der Waals surface area contributed by atoms with Crippen molar-refractivity contribution in [3.05, 3.63) is 35.9 Å². The van der Waals surface area contributed by atoms with Gasteiger partial charge in [0, 0.05) is 11.8 Å². The molecule has 1 saturated heterocycles. The second kappa shape index (κ2) is 7.58. The van der Waals surface area contributed by atoms with Gasteiger partial charge in [-0.15, -0.1) is 0 Å². The second-order valence-corrected chi connectivity index (χ2v) is 6.04. The number of nitrogens with one attached hydrogen (secondary N) is 1. The lowest BCUT2D eigenvalue weighted by molar-refractivity contribution is -0.131. The van der Waals surface area contributed by atoms with Crippen LogP contribution in [0, 0.1) is 5.41 Å². The predicted molar refractivity (Wildman–Crippen MR) is 83.8 cm³/mol. The molecule has 0 radical (unpaired) electrons. The number of Topliss-reactive ketones (excluding diaryl/α,β-unsaturated/α-hetero) is 1. The minimum absolute atomic E-state index is 0.0172. The molecule has 0 saturated carbocycles. The lowest BCUT2D eigenvalue weighted by atomic mass is 9.71. The summed E-state index contributed by atoms with van der Waals surface area (Å²) in [5.41, 5.74) is 1.33.